The molecule has 0 aliphatic carbocycles. The Bertz CT molecular complexity index is 273. The van der Waals surface area contributed by atoms with Crippen molar-refractivity contribution in [3.63, 3.8) is 0 Å². The molecule has 0 heterocycles. The molecule has 18 heavy (non-hydrogen) atoms. The van der Waals surface area contributed by atoms with Gasteiger partial charge in [0.1, 0.15) is 0 Å². The molecule has 0 aromatic heterocycles. The normalized spacial score (nSPS) is 13.8. The average Bonchev–Trinajstić information content (AvgIpc) is 2.35. The molecule has 0 saturated carbocycles. The van der Waals surface area contributed by atoms with Crippen molar-refractivity contribution in [3.8, 4) is 0 Å². The second kappa shape index (κ2) is 13.8. The van der Waals surface area contributed by atoms with Crippen molar-refractivity contribution in [2.24, 2.45) is 23.3 Å². The zero-order valence-electron chi connectivity index (χ0n) is 12.4. The largest absolute Gasteiger partial charge is 0.402 e. The van der Waals surface area contributed by atoms with Crippen molar-refractivity contribution in [3.05, 3.63) is 48.7 Å². The van der Waals surface area contributed by atoms with Crippen LogP contribution in [0.1, 0.15) is 34.1 Å². The van der Waals surface area contributed by atoms with E-state index in [0.717, 1.165) is 12.1 Å². The smallest absolute Gasteiger partial charge is 0.0106 e. The molecule has 0 fully saturated rings. The van der Waals surface area contributed by atoms with E-state index in [0.29, 0.717) is 18.4 Å². The minimum absolute atomic E-state index is 0.374. The van der Waals surface area contributed by atoms with E-state index in [1.54, 1.807) is 0 Å². The van der Waals surface area contributed by atoms with Crippen LogP contribution < -0.4 is 11.5 Å². The molecular weight excluding hydrogens is 220 g/mol. The maximum atomic E-state index is 5.74. The lowest BCUT2D eigenvalue weighted by molar-refractivity contribution is 0.759. The van der Waals surface area contributed by atoms with E-state index in [2.05, 4.69) is 32.6 Å². The minimum Gasteiger partial charge on any atom is -0.402 e. The van der Waals surface area contributed by atoms with Gasteiger partial charge in [0.05, 0.1) is 0 Å². The lowest BCUT2D eigenvalue weighted by Gasteiger charge is -2.07. The van der Waals surface area contributed by atoms with E-state index in [9.17, 15) is 0 Å². The van der Waals surface area contributed by atoms with Crippen LogP contribution in [0.5, 0.6) is 0 Å². The third-order valence-electron chi connectivity index (χ3n) is 2.26. The summed E-state index contributed by atoms with van der Waals surface area (Å²) in [6.45, 7) is 12.7. The molecule has 1 unspecified atom stereocenters. The molecule has 0 aromatic carbocycles. The summed E-state index contributed by atoms with van der Waals surface area (Å²) in [6.07, 6.45) is 13.0. The molecule has 4 N–H and O–H groups in total. The molecule has 0 rings (SSSR count). The standard InChI is InChI=1S/C12H21N.C4H9N/c1-5-11(8-7-10(3)4)9-12(13)6-2;1-2-3-4-5/h5-8,10-11H,1,9,13H2,2-4H3;2-3H,4-5H2,1H3/b8-7-,12-6+;3-2-. The van der Waals surface area contributed by atoms with Gasteiger partial charge in [0.15, 0.2) is 0 Å². The second-order valence-corrected chi connectivity index (χ2v) is 4.40. The van der Waals surface area contributed by atoms with Crippen LogP contribution in [-0.2, 0) is 0 Å². The Morgan fingerprint density at radius 2 is 1.83 bits per heavy atom. The predicted molar refractivity (Wildman–Crippen MR) is 84.1 cm³/mol. The van der Waals surface area contributed by atoms with Gasteiger partial charge in [-0.1, -0.05) is 50.3 Å². The highest BCUT2D eigenvalue weighted by Gasteiger charge is 2.00. The van der Waals surface area contributed by atoms with Crippen LogP contribution in [0.2, 0.25) is 0 Å². The van der Waals surface area contributed by atoms with Crippen molar-refractivity contribution < 1.29 is 0 Å². The van der Waals surface area contributed by atoms with Crippen LogP contribution in [0, 0.1) is 11.8 Å². The Balaban J connectivity index is 0. The first-order chi connectivity index (χ1) is 8.51. The highest BCUT2D eigenvalue weighted by molar-refractivity contribution is 5.06. The van der Waals surface area contributed by atoms with Crippen LogP contribution in [0.15, 0.2) is 48.7 Å². The Kier molecular flexibility index (Phi) is 14.6. The average molecular weight is 250 g/mol. The van der Waals surface area contributed by atoms with Crippen molar-refractivity contribution >= 4 is 0 Å². The van der Waals surface area contributed by atoms with Crippen molar-refractivity contribution in [2.75, 3.05) is 6.54 Å². The molecule has 0 aliphatic heterocycles. The summed E-state index contributed by atoms with van der Waals surface area (Å²) >= 11 is 0. The van der Waals surface area contributed by atoms with E-state index >= 15 is 0 Å². The fraction of sp³-hybridized carbons (Fsp3) is 0.500. The van der Waals surface area contributed by atoms with Gasteiger partial charge in [-0.3, -0.25) is 0 Å². The van der Waals surface area contributed by atoms with Crippen molar-refractivity contribution in [2.45, 2.75) is 34.1 Å². The number of rotatable bonds is 6. The van der Waals surface area contributed by atoms with Crippen LogP contribution >= 0.6 is 0 Å². The first-order valence-electron chi connectivity index (χ1n) is 6.54. The van der Waals surface area contributed by atoms with E-state index in [1.807, 2.05) is 38.2 Å². The second-order valence-electron chi connectivity index (χ2n) is 4.40. The quantitative estimate of drug-likeness (QED) is 0.705. The minimum atomic E-state index is 0.374. The topological polar surface area (TPSA) is 52.0 Å². The highest BCUT2D eigenvalue weighted by atomic mass is 14.6. The maximum Gasteiger partial charge on any atom is 0.0106 e. The molecule has 0 saturated heterocycles. The number of nitrogens with two attached hydrogens (primary N) is 2. The Morgan fingerprint density at radius 1 is 1.22 bits per heavy atom. The molecule has 0 radical (unpaired) electrons. The summed E-state index contributed by atoms with van der Waals surface area (Å²) in [4.78, 5) is 0. The molecular formula is C16H30N2. The molecule has 0 aliphatic rings. The van der Waals surface area contributed by atoms with E-state index < -0.39 is 0 Å². The number of hydrogen-bond acceptors (Lipinski definition) is 2. The van der Waals surface area contributed by atoms with Gasteiger partial charge in [-0.25, -0.2) is 0 Å². The van der Waals surface area contributed by atoms with Gasteiger partial charge in [-0.15, -0.1) is 6.58 Å². The third kappa shape index (κ3) is 14.7. The fourth-order valence-electron chi connectivity index (χ4n) is 1.12. The van der Waals surface area contributed by atoms with Crippen LogP contribution in [0.4, 0.5) is 0 Å². The molecule has 104 valence electrons. The summed E-state index contributed by atoms with van der Waals surface area (Å²) in [5.74, 6) is 0.966. The van der Waals surface area contributed by atoms with E-state index in [4.69, 9.17) is 11.5 Å². The lowest BCUT2D eigenvalue weighted by Crippen LogP contribution is -2.02. The maximum absolute atomic E-state index is 5.74. The van der Waals surface area contributed by atoms with Crippen LogP contribution in [0.3, 0.4) is 0 Å². The first-order valence-corrected chi connectivity index (χ1v) is 6.54. The van der Waals surface area contributed by atoms with Gasteiger partial charge in [-0.05, 0) is 32.1 Å². The van der Waals surface area contributed by atoms with Crippen LogP contribution in [-0.4, -0.2) is 6.54 Å². The summed E-state index contributed by atoms with van der Waals surface area (Å²) < 4.78 is 0. The summed E-state index contributed by atoms with van der Waals surface area (Å²) in [7, 11) is 0. The van der Waals surface area contributed by atoms with Gasteiger partial charge >= 0.3 is 0 Å². The fourth-order valence-corrected chi connectivity index (χ4v) is 1.12. The summed E-state index contributed by atoms with van der Waals surface area (Å²) in [5.41, 5.74) is 11.7. The summed E-state index contributed by atoms with van der Waals surface area (Å²) in [6, 6.07) is 0. The molecule has 2 heteroatoms. The number of hydrogen-bond donors (Lipinski definition) is 2. The van der Waals surface area contributed by atoms with Crippen molar-refractivity contribution in [1.29, 1.82) is 0 Å². The molecule has 0 aromatic rings. The highest BCUT2D eigenvalue weighted by Crippen LogP contribution is 2.12. The first kappa shape index (κ1) is 19.1. The monoisotopic (exact) mass is 250 g/mol. The Hall–Kier alpha value is -1.28. The van der Waals surface area contributed by atoms with Gasteiger partial charge in [0.25, 0.3) is 0 Å². The molecule has 0 amide bonds. The van der Waals surface area contributed by atoms with E-state index in [1.165, 1.54) is 0 Å². The zero-order valence-corrected chi connectivity index (χ0v) is 12.4. The number of allylic oxidation sites excluding steroid dienone is 6. The van der Waals surface area contributed by atoms with Crippen molar-refractivity contribution in [1.82, 2.24) is 0 Å². The molecule has 2 nitrogen and oxygen atoms in total. The Morgan fingerprint density at radius 3 is 2.11 bits per heavy atom. The molecule has 0 bridgehead atoms. The van der Waals surface area contributed by atoms with E-state index in [-0.39, 0.29) is 0 Å². The van der Waals surface area contributed by atoms with Gasteiger partial charge < -0.3 is 11.5 Å². The molecule has 1 atom stereocenters. The lowest BCUT2D eigenvalue weighted by atomic mass is 10.0. The SMILES string of the molecule is C/C=C\CN.C=CC(/C=C\C(C)C)C/C(N)=C\C. The predicted octanol–water partition coefficient (Wildman–Crippen LogP) is 3.77. The third-order valence-corrected chi connectivity index (χ3v) is 2.26. The molecule has 0 spiro atoms. The van der Waals surface area contributed by atoms with Crippen LogP contribution in [0.25, 0.3) is 0 Å². The zero-order chi connectivity index (χ0) is 14.4. The summed E-state index contributed by atoms with van der Waals surface area (Å²) in [5, 5.41) is 0. The van der Waals surface area contributed by atoms with Gasteiger partial charge in [-0.2, -0.15) is 0 Å². The van der Waals surface area contributed by atoms with Gasteiger partial charge in [0, 0.05) is 12.2 Å². The Labute approximate surface area is 113 Å². The van der Waals surface area contributed by atoms with Gasteiger partial charge in [0.2, 0.25) is 0 Å².